The van der Waals surface area contributed by atoms with Gasteiger partial charge >= 0.3 is 0 Å². The molecule has 1 N–H and O–H groups in total. The zero-order chi connectivity index (χ0) is 29.3. The Kier molecular flexibility index (Phi) is 11.2. The average Bonchev–Trinajstić information content (AvgIpc) is 2.94. The number of benzene rings is 3. The molecular weight excluding hydrogens is 601 g/mol. The summed E-state index contributed by atoms with van der Waals surface area (Å²) in [5.41, 5.74) is 1.66. The molecule has 0 spiro atoms. The smallest absolute Gasteiger partial charge is 0.246 e. The van der Waals surface area contributed by atoms with Crippen LogP contribution in [-0.2, 0) is 33.8 Å². The topological polar surface area (TPSA) is 84.4 Å². The van der Waals surface area contributed by atoms with Crippen molar-refractivity contribution in [2.45, 2.75) is 38.0 Å². The summed E-state index contributed by atoms with van der Waals surface area (Å²) in [6.07, 6.45) is -0.171. The van der Waals surface area contributed by atoms with Gasteiger partial charge in [-0.3, -0.25) is 19.4 Å². The molecule has 13 heteroatoms. The molecular formula is C30H33F3N4O4S2. The van der Waals surface area contributed by atoms with Crippen LogP contribution in [0.5, 0.6) is 5.75 Å². The van der Waals surface area contributed by atoms with Crippen LogP contribution < -0.4 is 0 Å². The number of nitrogens with zero attached hydrogens (tertiary/aromatic N) is 4. The van der Waals surface area contributed by atoms with Crippen LogP contribution in [0.4, 0.5) is 13.2 Å². The maximum Gasteiger partial charge on any atom is 0.246 e. The number of halogens is 3. The van der Waals surface area contributed by atoms with Crippen LogP contribution in [0.3, 0.4) is 0 Å². The van der Waals surface area contributed by atoms with Gasteiger partial charge in [0.1, 0.15) is 18.0 Å². The van der Waals surface area contributed by atoms with Crippen molar-refractivity contribution in [3.8, 4) is 5.75 Å². The molecule has 2 atom stereocenters. The average molecular weight is 635 g/mol. The molecule has 0 bridgehead atoms. The van der Waals surface area contributed by atoms with Gasteiger partial charge in [-0.2, -0.15) is 27.0 Å². The monoisotopic (exact) mass is 634 g/mol. The molecule has 3 amide bonds. The molecule has 2 aliphatic heterocycles. The molecule has 5 rings (SSSR count). The Hall–Kier alpha value is -3.68. The quantitative estimate of drug-likeness (QED) is 0.403. The first-order valence-corrected chi connectivity index (χ1v) is 13.2. The van der Waals surface area contributed by atoms with E-state index in [9.17, 15) is 32.7 Å². The molecule has 2 heterocycles. The summed E-state index contributed by atoms with van der Waals surface area (Å²) in [6.45, 7) is -0.493. The van der Waals surface area contributed by atoms with Crippen LogP contribution in [0, 0.1) is 17.5 Å². The van der Waals surface area contributed by atoms with Gasteiger partial charge in [-0.15, -0.1) is 0 Å². The number of rotatable bonds is 7. The fourth-order valence-corrected chi connectivity index (χ4v) is 5.50. The molecule has 2 saturated heterocycles. The van der Waals surface area contributed by atoms with E-state index in [4.69, 9.17) is 0 Å². The highest BCUT2D eigenvalue weighted by molar-refractivity contribution is 7.59. The third-order valence-electron chi connectivity index (χ3n) is 7.45. The van der Waals surface area contributed by atoms with Crippen LogP contribution >= 0.6 is 27.0 Å². The number of piperazine rings is 1. The van der Waals surface area contributed by atoms with Crippen molar-refractivity contribution in [2.75, 3.05) is 20.1 Å². The van der Waals surface area contributed by atoms with Crippen molar-refractivity contribution in [1.29, 1.82) is 0 Å². The van der Waals surface area contributed by atoms with E-state index in [1.807, 2.05) is 30.3 Å². The number of hydrazine groups is 1. The van der Waals surface area contributed by atoms with Crippen molar-refractivity contribution in [2.24, 2.45) is 0 Å². The Bertz CT molecular complexity index is 1440. The van der Waals surface area contributed by atoms with E-state index in [1.165, 1.54) is 32.0 Å². The van der Waals surface area contributed by atoms with E-state index < -0.39 is 35.6 Å². The zero-order valence-electron chi connectivity index (χ0n) is 23.3. The predicted octanol–water partition coefficient (Wildman–Crippen LogP) is 3.47. The molecule has 0 radical (unpaired) electrons. The summed E-state index contributed by atoms with van der Waals surface area (Å²) in [6, 6.07) is 16.3. The number of hydrogen-bond acceptors (Lipinski definition) is 5. The van der Waals surface area contributed by atoms with Crippen molar-refractivity contribution >= 4 is 44.7 Å². The number of phenolic OH excluding ortho intramolecular Hbond substituents is 1. The summed E-state index contributed by atoms with van der Waals surface area (Å²) in [5, 5.41) is 12.7. The Morgan fingerprint density at radius 1 is 0.907 bits per heavy atom. The first-order valence-electron chi connectivity index (χ1n) is 13.2. The van der Waals surface area contributed by atoms with Crippen LogP contribution in [0.15, 0.2) is 66.7 Å². The Labute approximate surface area is 261 Å². The second-order valence-electron chi connectivity index (χ2n) is 10.3. The molecule has 230 valence electrons. The highest BCUT2D eigenvalue weighted by atomic mass is 32.1. The van der Waals surface area contributed by atoms with Crippen LogP contribution in [-0.4, -0.2) is 75.0 Å². The highest BCUT2D eigenvalue weighted by Gasteiger charge is 2.50. The lowest BCUT2D eigenvalue weighted by atomic mass is 9.98. The van der Waals surface area contributed by atoms with Gasteiger partial charge in [-0.25, -0.2) is 18.2 Å². The lowest BCUT2D eigenvalue weighted by Crippen LogP contribution is -2.75. The second kappa shape index (κ2) is 14.2. The number of aromatic hydroxyl groups is 1. The van der Waals surface area contributed by atoms with Gasteiger partial charge in [0, 0.05) is 26.4 Å². The lowest BCUT2D eigenvalue weighted by Gasteiger charge is -2.54. The molecule has 8 nitrogen and oxygen atoms in total. The predicted molar refractivity (Wildman–Crippen MR) is 163 cm³/mol. The van der Waals surface area contributed by atoms with E-state index in [0.29, 0.717) is 12.0 Å². The minimum atomic E-state index is -1.61. The van der Waals surface area contributed by atoms with Gasteiger partial charge in [0.2, 0.25) is 17.7 Å². The Morgan fingerprint density at radius 2 is 1.53 bits per heavy atom. The number of aryl methyl sites for hydroxylation is 1. The SMILES string of the molecule is CN1CC(=O)N2[C@@H](Cc3ccc(O)cc3)C(=O)N(Cc3cc(F)c(F)c(F)c3)C[C@@H]2N1C(=O)CCc1ccccc1.S.S. The molecule has 0 saturated carbocycles. The third kappa shape index (κ3) is 7.28. The molecule has 0 unspecified atom stereocenters. The van der Waals surface area contributed by atoms with E-state index in [-0.39, 0.29) is 82.6 Å². The van der Waals surface area contributed by atoms with Crippen molar-refractivity contribution in [1.82, 2.24) is 19.8 Å². The fraction of sp³-hybridized carbons (Fsp3) is 0.300. The molecule has 43 heavy (non-hydrogen) atoms. The molecule has 0 aromatic heterocycles. The van der Waals surface area contributed by atoms with Crippen molar-refractivity contribution in [3.63, 3.8) is 0 Å². The summed E-state index contributed by atoms with van der Waals surface area (Å²) in [7, 11) is 1.62. The van der Waals surface area contributed by atoms with Gasteiger partial charge in [0.25, 0.3) is 0 Å². The van der Waals surface area contributed by atoms with E-state index in [2.05, 4.69) is 0 Å². The molecule has 2 aliphatic rings. The number of fused-ring (bicyclic) bond motifs is 1. The minimum Gasteiger partial charge on any atom is -0.508 e. The first kappa shape index (κ1) is 33.8. The number of carbonyl (C=O) groups is 3. The van der Waals surface area contributed by atoms with Crippen molar-refractivity contribution in [3.05, 3.63) is 101 Å². The maximum absolute atomic E-state index is 14.0. The van der Waals surface area contributed by atoms with Gasteiger partial charge in [-0.05, 0) is 47.4 Å². The fourth-order valence-electron chi connectivity index (χ4n) is 5.50. The van der Waals surface area contributed by atoms with Gasteiger partial charge < -0.3 is 14.9 Å². The summed E-state index contributed by atoms with van der Waals surface area (Å²) < 4.78 is 41.6. The number of amides is 3. The number of carbonyl (C=O) groups excluding carboxylic acids is 3. The summed E-state index contributed by atoms with van der Waals surface area (Å²) in [4.78, 5) is 43.5. The first-order chi connectivity index (χ1) is 19.6. The van der Waals surface area contributed by atoms with Gasteiger partial charge in [0.05, 0.1) is 13.1 Å². The largest absolute Gasteiger partial charge is 0.508 e. The second-order valence-corrected chi connectivity index (χ2v) is 10.3. The molecule has 0 aliphatic carbocycles. The van der Waals surface area contributed by atoms with Gasteiger partial charge in [0.15, 0.2) is 17.5 Å². The Balaban J connectivity index is 0.00000253. The normalized spacial score (nSPS) is 18.6. The van der Waals surface area contributed by atoms with Crippen LogP contribution in [0.2, 0.25) is 0 Å². The van der Waals surface area contributed by atoms with Crippen LogP contribution in [0.25, 0.3) is 0 Å². The molecule has 2 fully saturated rings. The lowest BCUT2D eigenvalue weighted by molar-refractivity contribution is -0.202. The van der Waals surface area contributed by atoms with E-state index >= 15 is 0 Å². The number of likely N-dealkylation sites (N-methyl/N-ethyl adjacent to an activating group) is 1. The minimum absolute atomic E-state index is 0. The van der Waals surface area contributed by atoms with E-state index in [0.717, 1.165) is 17.7 Å². The van der Waals surface area contributed by atoms with E-state index in [1.54, 1.807) is 19.2 Å². The third-order valence-corrected chi connectivity index (χ3v) is 7.45. The van der Waals surface area contributed by atoms with Crippen molar-refractivity contribution < 1.29 is 32.7 Å². The van der Waals surface area contributed by atoms with Crippen LogP contribution in [0.1, 0.15) is 23.1 Å². The molecule has 3 aromatic rings. The number of hydrogen-bond donors (Lipinski definition) is 1. The zero-order valence-corrected chi connectivity index (χ0v) is 25.3. The molecule has 3 aromatic carbocycles. The summed E-state index contributed by atoms with van der Waals surface area (Å²) >= 11 is 0. The summed E-state index contributed by atoms with van der Waals surface area (Å²) in [5.74, 6) is -5.40. The Morgan fingerprint density at radius 3 is 2.16 bits per heavy atom. The highest BCUT2D eigenvalue weighted by Crippen LogP contribution is 2.30. The standard InChI is InChI=1S/C30H29F3N4O4.2H2S/c1-34-18-28(40)36-25(15-20-7-10-22(38)11-8-20)30(41)35(16-21-13-23(31)29(33)24(32)14-21)17-26(36)37(34)27(39)12-9-19-5-3-2-4-6-19;;/h2-8,10-11,13-14,25-26,38H,9,12,15-18H2,1H3;2*1H2/t25-,26-;;/m0../s1. The maximum atomic E-state index is 14.0. The number of phenols is 1. The van der Waals surface area contributed by atoms with Gasteiger partial charge in [-0.1, -0.05) is 42.5 Å².